The molecule has 4 nitrogen and oxygen atoms in total. The van der Waals surface area contributed by atoms with Crippen molar-refractivity contribution in [2.75, 3.05) is 0 Å². The van der Waals surface area contributed by atoms with Gasteiger partial charge in [0.1, 0.15) is 0 Å². The maximum atomic E-state index is 12.0. The SMILES string of the molecule is CC(=O)Oc1ccccc1C(=O)[Se]CC[Se]C#N. The Bertz CT molecular complexity index is 482. The summed E-state index contributed by atoms with van der Waals surface area (Å²) < 4.78 is 5.00. The first kappa shape index (κ1) is 14.9. The van der Waals surface area contributed by atoms with Gasteiger partial charge in [-0.25, -0.2) is 0 Å². The number of nitrogens with zero attached hydrogens (tertiary/aromatic N) is 1. The van der Waals surface area contributed by atoms with Crippen LogP contribution in [-0.4, -0.2) is 40.6 Å². The number of hydrogen-bond donors (Lipinski definition) is 0. The van der Waals surface area contributed by atoms with E-state index in [0.717, 1.165) is 10.6 Å². The summed E-state index contributed by atoms with van der Waals surface area (Å²) >= 11 is -0.230. The molecule has 0 fully saturated rings. The van der Waals surface area contributed by atoms with Crippen LogP contribution in [0.2, 0.25) is 10.6 Å². The molecule has 0 aliphatic rings. The van der Waals surface area contributed by atoms with Crippen molar-refractivity contribution in [3.05, 3.63) is 29.8 Å². The van der Waals surface area contributed by atoms with Crippen LogP contribution in [0.3, 0.4) is 0 Å². The van der Waals surface area contributed by atoms with Gasteiger partial charge in [-0.2, -0.15) is 0 Å². The number of para-hydroxylation sites is 1. The number of carbonyl (C=O) groups excluding carboxylic acids is 2. The van der Waals surface area contributed by atoms with E-state index in [9.17, 15) is 9.59 Å². The number of benzene rings is 1. The number of nitriles is 1. The van der Waals surface area contributed by atoms with Gasteiger partial charge in [-0.1, -0.05) is 0 Å². The normalized spacial score (nSPS) is 9.56. The van der Waals surface area contributed by atoms with Crippen molar-refractivity contribution in [2.45, 2.75) is 17.6 Å². The van der Waals surface area contributed by atoms with Gasteiger partial charge in [0.05, 0.1) is 0 Å². The molecule has 18 heavy (non-hydrogen) atoms. The zero-order chi connectivity index (χ0) is 13.4. The molecule has 0 spiro atoms. The monoisotopic (exact) mass is 377 g/mol. The van der Waals surface area contributed by atoms with Crippen molar-refractivity contribution in [3.63, 3.8) is 0 Å². The fraction of sp³-hybridized carbons (Fsp3) is 0.250. The molecule has 1 aromatic carbocycles. The van der Waals surface area contributed by atoms with Gasteiger partial charge in [0, 0.05) is 0 Å². The van der Waals surface area contributed by atoms with Gasteiger partial charge in [0.15, 0.2) is 0 Å². The van der Waals surface area contributed by atoms with E-state index in [1.807, 2.05) is 0 Å². The van der Waals surface area contributed by atoms with Gasteiger partial charge < -0.3 is 0 Å². The molecule has 0 amide bonds. The van der Waals surface area contributed by atoms with Crippen LogP contribution in [-0.2, 0) is 4.79 Å². The zero-order valence-electron chi connectivity index (χ0n) is 9.71. The Labute approximate surface area is 118 Å². The predicted molar refractivity (Wildman–Crippen MR) is 68.8 cm³/mol. The Morgan fingerprint density at radius 3 is 2.72 bits per heavy atom. The summed E-state index contributed by atoms with van der Waals surface area (Å²) in [6.45, 7) is 1.31. The molecule has 0 aliphatic heterocycles. The predicted octanol–water partition coefficient (Wildman–Crippen LogP) is 1.48. The molecule has 6 heteroatoms. The van der Waals surface area contributed by atoms with Crippen LogP contribution >= 0.6 is 0 Å². The van der Waals surface area contributed by atoms with Gasteiger partial charge in [0.25, 0.3) is 0 Å². The van der Waals surface area contributed by atoms with Crippen molar-refractivity contribution in [3.8, 4) is 10.7 Å². The first-order valence-corrected chi connectivity index (χ1v) is 9.24. The fourth-order valence-electron chi connectivity index (χ4n) is 1.18. The van der Waals surface area contributed by atoms with Gasteiger partial charge >= 0.3 is 118 Å². The average molecular weight is 375 g/mol. The fourth-order valence-corrected chi connectivity index (χ4v) is 4.61. The Balaban J connectivity index is 2.67. The molecule has 0 unspecified atom stereocenters. The Morgan fingerprint density at radius 1 is 1.33 bits per heavy atom. The van der Waals surface area contributed by atoms with Gasteiger partial charge in [-0.15, -0.1) is 0 Å². The van der Waals surface area contributed by atoms with Crippen molar-refractivity contribution in [1.82, 2.24) is 0 Å². The first-order valence-electron chi connectivity index (χ1n) is 5.10. The van der Waals surface area contributed by atoms with Crippen LogP contribution in [0.5, 0.6) is 5.75 Å². The summed E-state index contributed by atoms with van der Waals surface area (Å²) in [7, 11) is 0. The molecular weight excluding hydrogens is 364 g/mol. The van der Waals surface area contributed by atoms with Crippen molar-refractivity contribution < 1.29 is 14.3 Å². The second-order valence-electron chi connectivity index (χ2n) is 3.17. The molecular formula is C12H11NO3Se2. The van der Waals surface area contributed by atoms with E-state index in [0.29, 0.717) is 11.3 Å². The summed E-state index contributed by atoms with van der Waals surface area (Å²) in [5.41, 5.74) is 0.456. The third-order valence-corrected chi connectivity index (χ3v) is 6.15. The molecule has 0 radical (unpaired) electrons. The molecule has 0 atom stereocenters. The second-order valence-corrected chi connectivity index (χ2v) is 7.25. The molecule has 0 bridgehead atoms. The molecule has 1 rings (SSSR count). The number of esters is 1. The number of hydrogen-bond acceptors (Lipinski definition) is 4. The first-order chi connectivity index (χ1) is 8.65. The molecule has 0 heterocycles. The Morgan fingerprint density at radius 2 is 2.06 bits per heavy atom. The number of carbonyl (C=O) groups is 2. The van der Waals surface area contributed by atoms with E-state index in [-0.39, 0.29) is 34.6 Å². The molecule has 0 saturated heterocycles. The third-order valence-electron chi connectivity index (χ3n) is 1.84. The van der Waals surface area contributed by atoms with Crippen LogP contribution in [0, 0.1) is 10.2 Å². The van der Waals surface area contributed by atoms with Crippen LogP contribution < -0.4 is 4.74 Å². The van der Waals surface area contributed by atoms with Crippen LogP contribution in [0.15, 0.2) is 24.3 Å². The second kappa shape index (κ2) is 8.07. The molecule has 0 saturated carbocycles. The standard InChI is InChI=1S/C12H11NO3Se2/c1-9(14)16-11-5-3-2-4-10(11)12(15)18-7-6-17-8-13/h2-5H,6-7H2,1H3. The molecule has 0 aromatic heterocycles. The summed E-state index contributed by atoms with van der Waals surface area (Å²) in [6.07, 6.45) is 0. The molecule has 0 aliphatic carbocycles. The van der Waals surface area contributed by atoms with Crippen molar-refractivity contribution in [2.24, 2.45) is 0 Å². The Hall–Kier alpha value is -1.11. The maximum absolute atomic E-state index is 12.0. The quantitative estimate of drug-likeness (QED) is 0.327. The molecule has 1 aromatic rings. The summed E-state index contributed by atoms with van der Waals surface area (Å²) in [6, 6.07) is 6.75. The van der Waals surface area contributed by atoms with E-state index >= 15 is 0 Å². The Kier molecular flexibility index (Phi) is 6.70. The van der Waals surface area contributed by atoms with E-state index in [4.69, 9.17) is 10.00 Å². The van der Waals surface area contributed by atoms with Gasteiger partial charge in [-0.3, -0.25) is 0 Å². The summed E-state index contributed by atoms with van der Waals surface area (Å²) in [4.78, 5) is 25.0. The van der Waals surface area contributed by atoms with Gasteiger partial charge in [-0.05, 0) is 0 Å². The molecule has 94 valence electrons. The van der Waals surface area contributed by atoms with Gasteiger partial charge in [0.2, 0.25) is 0 Å². The topological polar surface area (TPSA) is 67.2 Å². The minimum atomic E-state index is -0.435. The van der Waals surface area contributed by atoms with E-state index < -0.39 is 5.97 Å². The average Bonchev–Trinajstić information content (AvgIpc) is 2.34. The summed E-state index contributed by atoms with van der Waals surface area (Å²) in [5.74, 6) is -0.113. The van der Waals surface area contributed by atoms with Crippen molar-refractivity contribution >= 4 is 40.6 Å². The number of ether oxygens (including phenoxy) is 1. The van der Waals surface area contributed by atoms with Crippen LogP contribution in [0.4, 0.5) is 0 Å². The van der Waals surface area contributed by atoms with E-state index in [1.54, 1.807) is 24.3 Å². The minimum absolute atomic E-state index is 0.00749. The van der Waals surface area contributed by atoms with Crippen LogP contribution in [0.25, 0.3) is 0 Å². The number of rotatable bonds is 6. The summed E-state index contributed by atoms with van der Waals surface area (Å²) in [5, 5.41) is 9.99. The van der Waals surface area contributed by atoms with Crippen LogP contribution in [0.1, 0.15) is 17.3 Å². The van der Waals surface area contributed by atoms with Crippen molar-refractivity contribution in [1.29, 1.82) is 5.26 Å². The zero-order valence-corrected chi connectivity index (χ0v) is 13.1. The van der Waals surface area contributed by atoms with E-state index in [2.05, 4.69) is 4.97 Å². The third kappa shape index (κ3) is 5.03. The van der Waals surface area contributed by atoms with E-state index in [1.165, 1.54) is 6.92 Å². The molecule has 0 N–H and O–H groups in total.